The molecule has 1 aromatic carbocycles. The lowest BCUT2D eigenvalue weighted by Gasteiger charge is -2.20. The highest BCUT2D eigenvalue weighted by atomic mass is 19.1. The summed E-state index contributed by atoms with van der Waals surface area (Å²) < 4.78 is 13.7. The van der Waals surface area contributed by atoms with Gasteiger partial charge in [-0.2, -0.15) is 0 Å². The molecule has 0 radical (unpaired) electrons. The minimum absolute atomic E-state index is 0.0942. The van der Waals surface area contributed by atoms with Crippen molar-refractivity contribution in [3.8, 4) is 0 Å². The van der Waals surface area contributed by atoms with Gasteiger partial charge in [-0.05, 0) is 31.0 Å². The van der Waals surface area contributed by atoms with Gasteiger partial charge in [-0.15, -0.1) is 0 Å². The fourth-order valence-electron chi connectivity index (χ4n) is 2.89. The first-order valence-corrected chi connectivity index (χ1v) is 8.45. The highest BCUT2D eigenvalue weighted by Crippen LogP contribution is 2.16. The van der Waals surface area contributed by atoms with Crippen LogP contribution in [-0.4, -0.2) is 34.8 Å². The van der Waals surface area contributed by atoms with Crippen molar-refractivity contribution in [3.05, 3.63) is 59.7 Å². The fourth-order valence-corrected chi connectivity index (χ4v) is 2.89. The summed E-state index contributed by atoms with van der Waals surface area (Å²) in [6.45, 7) is 1.45. The average Bonchev–Trinajstić information content (AvgIpc) is 2.92. The van der Waals surface area contributed by atoms with Gasteiger partial charge < -0.3 is 10.2 Å². The first kappa shape index (κ1) is 17.1. The number of carbonyl (C=O) groups is 2. The van der Waals surface area contributed by atoms with Crippen molar-refractivity contribution in [2.24, 2.45) is 0 Å². The third kappa shape index (κ3) is 4.21. The van der Waals surface area contributed by atoms with Crippen LogP contribution in [0.15, 0.2) is 42.7 Å². The van der Waals surface area contributed by atoms with E-state index in [2.05, 4.69) is 10.3 Å². The van der Waals surface area contributed by atoms with Crippen LogP contribution in [0.2, 0.25) is 0 Å². The van der Waals surface area contributed by atoms with Gasteiger partial charge in [0.15, 0.2) is 0 Å². The van der Waals surface area contributed by atoms with Crippen LogP contribution in [0.5, 0.6) is 0 Å². The highest BCUT2D eigenvalue weighted by Gasteiger charge is 2.19. The number of nitrogens with one attached hydrogen (secondary N) is 1. The Hall–Kier alpha value is -2.76. The van der Waals surface area contributed by atoms with Crippen LogP contribution in [0.4, 0.5) is 10.1 Å². The number of para-hydroxylation sites is 1. The predicted molar refractivity (Wildman–Crippen MR) is 93.0 cm³/mol. The van der Waals surface area contributed by atoms with E-state index in [1.807, 2.05) is 4.90 Å². The summed E-state index contributed by atoms with van der Waals surface area (Å²) in [6, 6.07) is 7.44. The van der Waals surface area contributed by atoms with Crippen molar-refractivity contribution < 1.29 is 14.0 Å². The molecule has 2 heterocycles. The molecule has 0 bridgehead atoms. The average molecular weight is 341 g/mol. The Morgan fingerprint density at radius 2 is 1.68 bits per heavy atom. The van der Waals surface area contributed by atoms with Gasteiger partial charge >= 0.3 is 0 Å². The van der Waals surface area contributed by atoms with Gasteiger partial charge in [-0.3, -0.25) is 14.6 Å². The lowest BCUT2D eigenvalue weighted by Crippen LogP contribution is -2.32. The second kappa shape index (κ2) is 7.88. The largest absolute Gasteiger partial charge is 0.339 e. The zero-order valence-electron chi connectivity index (χ0n) is 13.9. The molecule has 1 aromatic heterocycles. The number of anilines is 1. The first-order chi connectivity index (χ1) is 12.1. The molecule has 6 heteroatoms. The van der Waals surface area contributed by atoms with Gasteiger partial charge in [-0.25, -0.2) is 4.39 Å². The molecule has 1 N–H and O–H groups in total. The molecule has 3 rings (SSSR count). The number of nitrogens with zero attached hydrogens (tertiary/aromatic N) is 2. The Labute approximate surface area is 145 Å². The number of benzene rings is 1. The maximum atomic E-state index is 13.7. The fraction of sp³-hybridized carbons (Fsp3) is 0.316. The summed E-state index contributed by atoms with van der Waals surface area (Å²) in [5.74, 6) is -1.13. The van der Waals surface area contributed by atoms with Crippen LogP contribution in [-0.2, 0) is 0 Å². The van der Waals surface area contributed by atoms with Gasteiger partial charge in [0.2, 0.25) is 0 Å². The SMILES string of the molecule is O=C(Nc1ccccc1F)c1cncc(C(=O)N2CCCCCC2)c1. The molecule has 0 saturated carbocycles. The molecule has 2 aromatic rings. The first-order valence-electron chi connectivity index (χ1n) is 8.45. The standard InChI is InChI=1S/C19H20FN3O2/c20-16-7-3-4-8-17(16)22-18(24)14-11-15(13-21-12-14)19(25)23-9-5-1-2-6-10-23/h3-4,7-8,11-13H,1-2,5-6,9-10H2,(H,22,24). The van der Waals surface area contributed by atoms with Crippen molar-refractivity contribution in [2.45, 2.75) is 25.7 Å². The minimum Gasteiger partial charge on any atom is -0.339 e. The van der Waals surface area contributed by atoms with Crippen LogP contribution < -0.4 is 5.32 Å². The van der Waals surface area contributed by atoms with Crippen LogP contribution in [0, 0.1) is 5.82 Å². The van der Waals surface area contributed by atoms with Crippen LogP contribution >= 0.6 is 0 Å². The molecule has 0 atom stereocenters. The summed E-state index contributed by atoms with van der Waals surface area (Å²) >= 11 is 0. The van der Waals surface area contributed by atoms with Gasteiger partial charge in [0.05, 0.1) is 16.8 Å². The highest BCUT2D eigenvalue weighted by molar-refractivity contribution is 6.05. The van der Waals surface area contributed by atoms with Crippen molar-refractivity contribution >= 4 is 17.5 Å². The van der Waals surface area contributed by atoms with E-state index in [1.165, 1.54) is 30.6 Å². The summed E-state index contributed by atoms with van der Waals surface area (Å²) in [4.78, 5) is 30.8. The Morgan fingerprint density at radius 1 is 1.00 bits per heavy atom. The number of aromatic nitrogens is 1. The number of hydrogen-bond acceptors (Lipinski definition) is 3. The van der Waals surface area contributed by atoms with Gasteiger partial charge in [-0.1, -0.05) is 25.0 Å². The number of hydrogen-bond donors (Lipinski definition) is 1. The Kier molecular flexibility index (Phi) is 5.38. The zero-order valence-corrected chi connectivity index (χ0v) is 13.9. The molecular formula is C19H20FN3O2. The molecule has 0 unspecified atom stereocenters. The summed E-state index contributed by atoms with van der Waals surface area (Å²) in [6.07, 6.45) is 7.09. The van der Waals surface area contributed by atoms with Crippen molar-refractivity contribution in [3.63, 3.8) is 0 Å². The lowest BCUT2D eigenvalue weighted by molar-refractivity contribution is 0.0761. The van der Waals surface area contributed by atoms with Crippen LogP contribution in [0.25, 0.3) is 0 Å². The number of pyridine rings is 1. The minimum atomic E-state index is -0.513. The van der Waals surface area contributed by atoms with Crippen molar-refractivity contribution in [1.82, 2.24) is 9.88 Å². The Balaban J connectivity index is 1.75. The summed E-state index contributed by atoms with van der Waals surface area (Å²) in [5.41, 5.74) is 0.698. The quantitative estimate of drug-likeness (QED) is 0.929. The van der Waals surface area contributed by atoms with E-state index in [0.717, 1.165) is 38.8 Å². The number of likely N-dealkylation sites (tertiary alicyclic amines) is 1. The van der Waals surface area contributed by atoms with Crippen LogP contribution in [0.1, 0.15) is 46.4 Å². The van der Waals surface area contributed by atoms with E-state index in [4.69, 9.17) is 0 Å². The van der Waals surface area contributed by atoms with Gasteiger partial charge in [0.1, 0.15) is 5.82 Å². The van der Waals surface area contributed by atoms with E-state index in [9.17, 15) is 14.0 Å². The molecular weight excluding hydrogens is 321 g/mol. The van der Waals surface area contributed by atoms with Gasteiger partial charge in [0.25, 0.3) is 11.8 Å². The molecule has 1 aliphatic rings. The zero-order chi connectivity index (χ0) is 17.6. The summed E-state index contributed by atoms with van der Waals surface area (Å²) in [5, 5.41) is 2.50. The van der Waals surface area contributed by atoms with Crippen molar-refractivity contribution in [1.29, 1.82) is 0 Å². The maximum absolute atomic E-state index is 13.7. The Morgan fingerprint density at radius 3 is 2.40 bits per heavy atom. The second-order valence-corrected chi connectivity index (χ2v) is 6.10. The van der Waals surface area contributed by atoms with E-state index < -0.39 is 11.7 Å². The van der Waals surface area contributed by atoms with E-state index in [-0.39, 0.29) is 17.2 Å². The molecule has 5 nitrogen and oxygen atoms in total. The molecule has 0 spiro atoms. The number of rotatable bonds is 3. The molecule has 0 aliphatic carbocycles. The van der Waals surface area contributed by atoms with E-state index >= 15 is 0 Å². The normalized spacial score (nSPS) is 14.7. The monoisotopic (exact) mass is 341 g/mol. The molecule has 1 saturated heterocycles. The topological polar surface area (TPSA) is 62.3 Å². The maximum Gasteiger partial charge on any atom is 0.257 e. The Bertz CT molecular complexity index is 771. The lowest BCUT2D eigenvalue weighted by atomic mass is 10.1. The smallest absolute Gasteiger partial charge is 0.257 e. The summed E-state index contributed by atoms with van der Waals surface area (Å²) in [7, 11) is 0. The van der Waals surface area contributed by atoms with Gasteiger partial charge in [0, 0.05) is 25.5 Å². The number of halogens is 1. The number of amides is 2. The third-order valence-electron chi connectivity index (χ3n) is 4.26. The number of carbonyl (C=O) groups excluding carboxylic acids is 2. The second-order valence-electron chi connectivity index (χ2n) is 6.10. The molecule has 2 amide bonds. The molecule has 1 fully saturated rings. The predicted octanol–water partition coefficient (Wildman–Crippen LogP) is 3.49. The molecule has 1 aliphatic heterocycles. The van der Waals surface area contributed by atoms with E-state index in [0.29, 0.717) is 5.56 Å². The molecule has 25 heavy (non-hydrogen) atoms. The van der Waals surface area contributed by atoms with Crippen molar-refractivity contribution in [2.75, 3.05) is 18.4 Å². The third-order valence-corrected chi connectivity index (χ3v) is 4.26. The molecule has 130 valence electrons. The van der Waals surface area contributed by atoms with Crippen LogP contribution in [0.3, 0.4) is 0 Å². The van der Waals surface area contributed by atoms with E-state index in [1.54, 1.807) is 12.1 Å².